The number of aliphatic hydroxyl groups excluding tert-OH is 1. The van der Waals surface area contributed by atoms with Crippen LogP contribution in [-0.2, 0) is 12.8 Å². The van der Waals surface area contributed by atoms with Gasteiger partial charge in [0.05, 0.1) is 12.3 Å². The van der Waals surface area contributed by atoms with E-state index in [1.165, 1.54) is 15.6 Å². The molecule has 2 aromatic heterocycles. The van der Waals surface area contributed by atoms with Gasteiger partial charge in [-0.05, 0) is 48.6 Å². The molecule has 0 radical (unpaired) electrons. The Morgan fingerprint density at radius 3 is 2.61 bits per heavy atom. The fourth-order valence-corrected chi connectivity index (χ4v) is 4.12. The van der Waals surface area contributed by atoms with Gasteiger partial charge in [-0.2, -0.15) is 0 Å². The number of rotatable bonds is 6. The first kappa shape index (κ1) is 20.1. The van der Waals surface area contributed by atoms with Crippen LogP contribution in [0, 0.1) is 6.92 Å². The molecule has 5 heteroatoms. The van der Waals surface area contributed by atoms with Crippen LogP contribution in [-0.4, -0.2) is 23.8 Å². The lowest BCUT2D eigenvalue weighted by Gasteiger charge is -2.08. The quantitative estimate of drug-likeness (QED) is 0.458. The maximum atomic E-state index is 7.00. The van der Waals surface area contributed by atoms with E-state index >= 15 is 0 Å². The van der Waals surface area contributed by atoms with Gasteiger partial charge in [-0.15, -0.1) is 11.3 Å². The van der Waals surface area contributed by atoms with Gasteiger partial charge in [0.15, 0.2) is 0 Å². The predicted octanol–water partition coefficient (Wildman–Crippen LogP) is 5.66. The Morgan fingerprint density at radius 2 is 1.86 bits per heavy atom. The Hall–Kier alpha value is -2.63. The number of nitrogens with zero attached hydrogens (tertiary/aromatic N) is 1. The van der Waals surface area contributed by atoms with E-state index in [1.54, 1.807) is 11.3 Å². The van der Waals surface area contributed by atoms with Gasteiger partial charge in [-0.25, -0.2) is 4.98 Å². The standard InChI is InChI=1S/C22H21NO2S.CH4O/c1-3-16-9-10-20(18-12-14-26-21(16)18)24-13-11-19-15(2)25-22(23-19)17-7-5-4-6-8-17;1-2/h4-10,12,14H,3,11,13H2,1-2H3;2H,1H3. The minimum Gasteiger partial charge on any atom is -0.493 e. The summed E-state index contributed by atoms with van der Waals surface area (Å²) in [4.78, 5) is 4.65. The van der Waals surface area contributed by atoms with Crippen LogP contribution in [0.1, 0.15) is 23.9 Å². The third kappa shape index (κ3) is 4.26. The summed E-state index contributed by atoms with van der Waals surface area (Å²) in [5.74, 6) is 2.47. The Bertz CT molecular complexity index is 1020. The van der Waals surface area contributed by atoms with Gasteiger partial charge in [0, 0.05) is 29.2 Å². The van der Waals surface area contributed by atoms with Crippen molar-refractivity contribution in [3.8, 4) is 17.2 Å². The van der Waals surface area contributed by atoms with Gasteiger partial charge in [-0.3, -0.25) is 0 Å². The average molecular weight is 396 g/mol. The lowest BCUT2D eigenvalue weighted by atomic mass is 10.1. The zero-order valence-corrected chi connectivity index (χ0v) is 17.3. The summed E-state index contributed by atoms with van der Waals surface area (Å²) in [6.45, 7) is 4.73. The molecule has 0 aliphatic carbocycles. The number of hydrogen-bond acceptors (Lipinski definition) is 5. The van der Waals surface area contributed by atoms with Crippen LogP contribution in [0.15, 0.2) is 58.3 Å². The lowest BCUT2D eigenvalue weighted by Crippen LogP contribution is -2.03. The van der Waals surface area contributed by atoms with Crippen molar-refractivity contribution in [3.63, 3.8) is 0 Å². The molecule has 0 aliphatic heterocycles. The summed E-state index contributed by atoms with van der Waals surface area (Å²) in [5, 5.41) is 10.3. The first-order valence-corrected chi connectivity index (χ1v) is 10.2. The summed E-state index contributed by atoms with van der Waals surface area (Å²) in [6.07, 6.45) is 1.76. The van der Waals surface area contributed by atoms with Crippen LogP contribution in [0.4, 0.5) is 0 Å². The number of oxazole rings is 1. The summed E-state index contributed by atoms with van der Waals surface area (Å²) in [7, 11) is 1.00. The maximum absolute atomic E-state index is 7.00. The molecule has 28 heavy (non-hydrogen) atoms. The molecule has 0 spiro atoms. The minimum atomic E-state index is 0.581. The Labute approximate surface area is 169 Å². The molecule has 0 saturated heterocycles. The lowest BCUT2D eigenvalue weighted by molar-refractivity contribution is 0.323. The monoisotopic (exact) mass is 395 g/mol. The fourth-order valence-electron chi connectivity index (χ4n) is 3.12. The maximum Gasteiger partial charge on any atom is 0.226 e. The highest BCUT2D eigenvalue weighted by molar-refractivity contribution is 7.17. The smallest absolute Gasteiger partial charge is 0.226 e. The minimum absolute atomic E-state index is 0.581. The molecule has 1 N–H and O–H groups in total. The Kier molecular flexibility index (Phi) is 6.85. The molecule has 146 valence electrons. The van der Waals surface area contributed by atoms with E-state index in [1.807, 2.05) is 37.3 Å². The van der Waals surface area contributed by atoms with Gasteiger partial charge in [0.1, 0.15) is 11.5 Å². The summed E-state index contributed by atoms with van der Waals surface area (Å²) < 4.78 is 13.2. The average Bonchev–Trinajstić information content (AvgIpc) is 3.38. The van der Waals surface area contributed by atoms with Crippen LogP contribution >= 0.6 is 11.3 Å². The molecule has 4 nitrogen and oxygen atoms in total. The molecule has 0 amide bonds. The van der Waals surface area contributed by atoms with Crippen molar-refractivity contribution in [1.29, 1.82) is 0 Å². The van der Waals surface area contributed by atoms with Gasteiger partial charge < -0.3 is 14.3 Å². The van der Waals surface area contributed by atoms with E-state index < -0.39 is 0 Å². The van der Waals surface area contributed by atoms with Crippen LogP contribution in [0.25, 0.3) is 21.5 Å². The molecule has 0 bridgehead atoms. The zero-order chi connectivity index (χ0) is 19.9. The summed E-state index contributed by atoms with van der Waals surface area (Å²) >= 11 is 1.78. The van der Waals surface area contributed by atoms with E-state index in [9.17, 15) is 0 Å². The highest BCUT2D eigenvalue weighted by atomic mass is 32.1. The molecule has 0 aliphatic rings. The summed E-state index contributed by atoms with van der Waals surface area (Å²) in [5.41, 5.74) is 3.33. The molecule has 2 aromatic carbocycles. The van der Waals surface area contributed by atoms with Crippen molar-refractivity contribution in [2.75, 3.05) is 13.7 Å². The van der Waals surface area contributed by atoms with E-state index in [4.69, 9.17) is 14.3 Å². The first-order chi connectivity index (χ1) is 13.8. The van der Waals surface area contributed by atoms with Gasteiger partial charge >= 0.3 is 0 Å². The molecular formula is C23H25NO3S. The Morgan fingerprint density at radius 1 is 1.07 bits per heavy atom. The van der Waals surface area contributed by atoms with Crippen molar-refractivity contribution >= 4 is 21.4 Å². The molecule has 0 unspecified atom stereocenters. The number of aliphatic hydroxyl groups is 1. The van der Waals surface area contributed by atoms with E-state index in [2.05, 4.69) is 35.5 Å². The molecule has 2 heterocycles. The number of thiophene rings is 1. The third-order valence-electron chi connectivity index (χ3n) is 4.55. The number of ether oxygens (including phenoxy) is 1. The van der Waals surface area contributed by atoms with Crippen LogP contribution in [0.5, 0.6) is 5.75 Å². The second-order valence-electron chi connectivity index (χ2n) is 6.23. The molecule has 0 saturated carbocycles. The molecule has 0 fully saturated rings. The molecular weight excluding hydrogens is 370 g/mol. The highest BCUT2D eigenvalue weighted by Crippen LogP contribution is 2.33. The number of aryl methyl sites for hydroxylation is 2. The van der Waals surface area contributed by atoms with Gasteiger partial charge in [-0.1, -0.05) is 31.2 Å². The SMILES string of the molecule is CCc1ccc(OCCc2nc(-c3ccccc3)oc2C)c2ccsc12.CO. The molecule has 0 atom stereocenters. The largest absolute Gasteiger partial charge is 0.493 e. The molecule has 4 rings (SSSR count). The van der Waals surface area contributed by atoms with Gasteiger partial charge in [0.2, 0.25) is 5.89 Å². The predicted molar refractivity (Wildman–Crippen MR) is 115 cm³/mol. The van der Waals surface area contributed by atoms with Crippen LogP contribution in [0.2, 0.25) is 0 Å². The third-order valence-corrected chi connectivity index (χ3v) is 5.54. The van der Waals surface area contributed by atoms with Crippen LogP contribution in [0.3, 0.4) is 0 Å². The first-order valence-electron chi connectivity index (χ1n) is 9.34. The van der Waals surface area contributed by atoms with Crippen LogP contribution < -0.4 is 4.74 Å². The van der Waals surface area contributed by atoms with E-state index in [-0.39, 0.29) is 0 Å². The fraction of sp³-hybridized carbons (Fsp3) is 0.261. The van der Waals surface area contributed by atoms with Crippen molar-refractivity contribution in [3.05, 3.63) is 70.9 Å². The van der Waals surface area contributed by atoms with Crippen molar-refractivity contribution in [1.82, 2.24) is 4.98 Å². The van der Waals surface area contributed by atoms with Crippen molar-refractivity contribution in [2.24, 2.45) is 0 Å². The summed E-state index contributed by atoms with van der Waals surface area (Å²) in [6, 6.07) is 16.4. The number of hydrogen-bond donors (Lipinski definition) is 1. The number of fused-ring (bicyclic) bond motifs is 1. The second kappa shape index (κ2) is 9.53. The van der Waals surface area contributed by atoms with E-state index in [0.29, 0.717) is 12.5 Å². The van der Waals surface area contributed by atoms with Crippen molar-refractivity contribution < 1.29 is 14.3 Å². The zero-order valence-electron chi connectivity index (χ0n) is 16.4. The normalized spacial score (nSPS) is 10.6. The number of benzene rings is 2. The Balaban J connectivity index is 0.00000109. The highest BCUT2D eigenvalue weighted by Gasteiger charge is 2.12. The topological polar surface area (TPSA) is 55.5 Å². The van der Waals surface area contributed by atoms with Crippen molar-refractivity contribution in [2.45, 2.75) is 26.7 Å². The second-order valence-corrected chi connectivity index (χ2v) is 7.14. The van der Waals surface area contributed by atoms with E-state index in [0.717, 1.165) is 42.7 Å². The number of aromatic nitrogens is 1. The van der Waals surface area contributed by atoms with Gasteiger partial charge in [0.25, 0.3) is 0 Å². The molecule has 4 aromatic rings.